The van der Waals surface area contributed by atoms with Crippen molar-refractivity contribution >= 4 is 28.1 Å². The first-order valence-corrected chi connectivity index (χ1v) is 6.57. The monoisotopic (exact) mass is 327 g/mol. The van der Waals surface area contributed by atoms with Crippen LogP contribution in [-0.2, 0) is 0 Å². The maximum atomic E-state index is 11.8. The normalized spacial score (nSPS) is 10.2. The number of carbonyl (C=O) groups is 1. The molecular weight excluding hydrogens is 318 g/mol. The first kappa shape index (κ1) is 14.0. The summed E-state index contributed by atoms with van der Waals surface area (Å²) < 4.78 is 0.834. The summed E-state index contributed by atoms with van der Waals surface area (Å²) in [6.45, 7) is 0. The first-order valence-electron chi connectivity index (χ1n) is 5.78. The molecule has 98 valence electrons. The molecule has 5 heteroatoms. The molecule has 0 aliphatic heterocycles. The van der Waals surface area contributed by atoms with Crippen molar-refractivity contribution in [1.29, 1.82) is 5.26 Å². The topological polar surface area (TPSA) is 65.2 Å². The highest BCUT2D eigenvalue weighted by Crippen LogP contribution is 2.11. The maximum absolute atomic E-state index is 11.8. The molecule has 0 unspecified atom stereocenters. The molecule has 0 atom stereocenters. The number of rotatable bonds is 3. The number of nitrogens with one attached hydrogen (secondary N) is 1. The van der Waals surface area contributed by atoms with E-state index in [2.05, 4.69) is 26.5 Å². The summed E-state index contributed by atoms with van der Waals surface area (Å²) >= 11 is 3.30. The van der Waals surface area contributed by atoms with E-state index in [-0.39, 0.29) is 5.91 Å². The molecule has 0 spiro atoms. The van der Waals surface area contributed by atoms with Gasteiger partial charge >= 0.3 is 0 Å². The molecule has 1 amide bonds. The first-order chi connectivity index (χ1) is 9.69. The molecule has 20 heavy (non-hydrogen) atoms. The average Bonchev–Trinajstić information content (AvgIpc) is 2.48. The van der Waals surface area contributed by atoms with Crippen LogP contribution in [0.15, 0.2) is 58.1 Å². The Morgan fingerprint density at radius 2 is 2.00 bits per heavy atom. The molecule has 0 saturated heterocycles. The van der Waals surface area contributed by atoms with Gasteiger partial charge in [-0.3, -0.25) is 4.79 Å². The molecule has 1 N–H and O–H groups in total. The van der Waals surface area contributed by atoms with Crippen LogP contribution in [0, 0.1) is 11.3 Å². The smallest absolute Gasteiger partial charge is 0.267 e. The van der Waals surface area contributed by atoms with Gasteiger partial charge in [-0.25, -0.2) is 5.43 Å². The molecule has 0 heterocycles. The fourth-order valence-corrected chi connectivity index (χ4v) is 1.90. The summed E-state index contributed by atoms with van der Waals surface area (Å²) in [5.74, 6) is -0.281. The summed E-state index contributed by atoms with van der Waals surface area (Å²) in [5.41, 5.74) is 4.36. The number of hydrogen-bond donors (Lipinski definition) is 1. The standard InChI is InChI=1S/C15H10BrN3O/c16-14-3-1-2-13(8-14)15(20)19-18-10-12-6-4-11(9-17)5-7-12/h1-8,10H,(H,19,20)/b18-10-. The van der Waals surface area contributed by atoms with Gasteiger partial charge in [-0.15, -0.1) is 0 Å². The Morgan fingerprint density at radius 3 is 2.65 bits per heavy atom. The van der Waals surface area contributed by atoms with Gasteiger partial charge in [0.05, 0.1) is 17.8 Å². The Labute approximate surface area is 124 Å². The van der Waals surface area contributed by atoms with E-state index in [4.69, 9.17) is 5.26 Å². The van der Waals surface area contributed by atoms with Crippen molar-refractivity contribution in [1.82, 2.24) is 5.43 Å². The van der Waals surface area contributed by atoms with Crippen molar-refractivity contribution in [2.75, 3.05) is 0 Å². The number of hydrazone groups is 1. The molecule has 0 aliphatic rings. The number of nitrogens with zero attached hydrogens (tertiary/aromatic N) is 2. The number of carbonyl (C=O) groups excluding carboxylic acids is 1. The van der Waals surface area contributed by atoms with Crippen molar-refractivity contribution in [3.63, 3.8) is 0 Å². The molecular formula is C15H10BrN3O. The van der Waals surface area contributed by atoms with Gasteiger partial charge in [0.25, 0.3) is 5.91 Å². The lowest BCUT2D eigenvalue weighted by Gasteiger charge is -2.00. The van der Waals surface area contributed by atoms with Crippen LogP contribution in [0.1, 0.15) is 21.5 Å². The zero-order chi connectivity index (χ0) is 14.4. The minimum absolute atomic E-state index is 0.281. The quantitative estimate of drug-likeness (QED) is 0.695. The molecule has 0 saturated carbocycles. The van der Waals surface area contributed by atoms with E-state index >= 15 is 0 Å². The lowest BCUT2D eigenvalue weighted by molar-refractivity contribution is 0.0955. The van der Waals surface area contributed by atoms with E-state index < -0.39 is 0 Å². The van der Waals surface area contributed by atoms with Crippen LogP contribution in [0.5, 0.6) is 0 Å². The average molecular weight is 328 g/mol. The number of nitriles is 1. The van der Waals surface area contributed by atoms with Crippen molar-refractivity contribution < 1.29 is 4.79 Å². The van der Waals surface area contributed by atoms with Crippen LogP contribution < -0.4 is 5.43 Å². The van der Waals surface area contributed by atoms with Crippen LogP contribution in [0.3, 0.4) is 0 Å². The zero-order valence-corrected chi connectivity index (χ0v) is 12.0. The summed E-state index contributed by atoms with van der Waals surface area (Å²) in [5, 5.41) is 12.6. The summed E-state index contributed by atoms with van der Waals surface area (Å²) in [6, 6.07) is 16.0. The number of amides is 1. The summed E-state index contributed by atoms with van der Waals surface area (Å²) in [7, 11) is 0. The zero-order valence-electron chi connectivity index (χ0n) is 10.4. The van der Waals surface area contributed by atoms with Gasteiger partial charge in [0.15, 0.2) is 0 Å². The van der Waals surface area contributed by atoms with Gasteiger partial charge in [-0.2, -0.15) is 10.4 Å². The maximum Gasteiger partial charge on any atom is 0.271 e. The van der Waals surface area contributed by atoms with Crippen LogP contribution in [0.25, 0.3) is 0 Å². The van der Waals surface area contributed by atoms with Crippen molar-refractivity contribution in [2.24, 2.45) is 5.10 Å². The van der Waals surface area contributed by atoms with E-state index in [1.165, 1.54) is 6.21 Å². The van der Waals surface area contributed by atoms with Gasteiger partial charge < -0.3 is 0 Å². The highest BCUT2D eigenvalue weighted by atomic mass is 79.9. The highest BCUT2D eigenvalue weighted by Gasteiger charge is 2.03. The van der Waals surface area contributed by atoms with E-state index in [0.717, 1.165) is 10.0 Å². The Bertz CT molecular complexity index is 687. The van der Waals surface area contributed by atoms with Crippen LogP contribution >= 0.6 is 15.9 Å². The minimum atomic E-state index is -0.281. The third-order valence-electron chi connectivity index (χ3n) is 2.51. The number of halogens is 1. The Morgan fingerprint density at radius 1 is 1.25 bits per heavy atom. The van der Waals surface area contributed by atoms with Crippen molar-refractivity contribution in [2.45, 2.75) is 0 Å². The minimum Gasteiger partial charge on any atom is -0.267 e. The van der Waals surface area contributed by atoms with Crippen molar-refractivity contribution in [3.8, 4) is 6.07 Å². The SMILES string of the molecule is N#Cc1ccc(/C=N\NC(=O)c2cccc(Br)c2)cc1. The van der Waals surface area contributed by atoms with Crippen LogP contribution in [-0.4, -0.2) is 12.1 Å². The summed E-state index contributed by atoms with van der Waals surface area (Å²) in [4.78, 5) is 11.8. The van der Waals surface area contributed by atoms with Gasteiger partial charge in [0.1, 0.15) is 0 Å². The van der Waals surface area contributed by atoms with Crippen molar-refractivity contribution in [3.05, 3.63) is 69.7 Å². The lowest BCUT2D eigenvalue weighted by atomic mass is 10.2. The van der Waals surface area contributed by atoms with Crippen LogP contribution in [0.4, 0.5) is 0 Å². The van der Waals surface area contributed by atoms with Gasteiger partial charge in [-0.05, 0) is 35.9 Å². The number of benzene rings is 2. The van der Waals surface area contributed by atoms with E-state index in [1.54, 1.807) is 42.5 Å². The van der Waals surface area contributed by atoms with E-state index in [9.17, 15) is 4.79 Å². The highest BCUT2D eigenvalue weighted by molar-refractivity contribution is 9.10. The molecule has 0 fully saturated rings. The molecule has 2 aromatic carbocycles. The molecule has 4 nitrogen and oxygen atoms in total. The van der Waals surface area contributed by atoms with Crippen LogP contribution in [0.2, 0.25) is 0 Å². The lowest BCUT2D eigenvalue weighted by Crippen LogP contribution is -2.17. The molecule has 0 bridgehead atoms. The number of hydrogen-bond acceptors (Lipinski definition) is 3. The molecule has 0 aromatic heterocycles. The summed E-state index contributed by atoms with van der Waals surface area (Å²) in [6.07, 6.45) is 1.52. The van der Waals surface area contributed by atoms with E-state index in [1.807, 2.05) is 12.1 Å². The second-order valence-electron chi connectivity index (χ2n) is 3.94. The fourth-order valence-electron chi connectivity index (χ4n) is 1.50. The molecule has 2 aromatic rings. The Kier molecular flexibility index (Phi) is 4.64. The second-order valence-corrected chi connectivity index (χ2v) is 4.86. The Balaban J connectivity index is 1.99. The largest absolute Gasteiger partial charge is 0.271 e. The Hall–Kier alpha value is -2.45. The van der Waals surface area contributed by atoms with Gasteiger partial charge in [0.2, 0.25) is 0 Å². The molecule has 0 aliphatic carbocycles. The predicted molar refractivity (Wildman–Crippen MR) is 80.4 cm³/mol. The van der Waals surface area contributed by atoms with Gasteiger partial charge in [0, 0.05) is 10.0 Å². The second kappa shape index (κ2) is 6.64. The predicted octanol–water partition coefficient (Wildman–Crippen LogP) is 3.08. The fraction of sp³-hybridized carbons (Fsp3) is 0. The third kappa shape index (κ3) is 3.77. The third-order valence-corrected chi connectivity index (χ3v) is 3.00. The molecule has 0 radical (unpaired) electrons. The van der Waals surface area contributed by atoms with Gasteiger partial charge in [-0.1, -0.05) is 34.1 Å². The molecule has 2 rings (SSSR count). The van der Waals surface area contributed by atoms with E-state index in [0.29, 0.717) is 11.1 Å².